The molecule has 11 heteroatoms. The minimum absolute atomic E-state index is 0.0445. The van der Waals surface area contributed by atoms with Crippen molar-refractivity contribution in [2.75, 3.05) is 6.61 Å². The number of nitrogens with zero attached hydrogens (tertiary/aromatic N) is 1. The molecule has 156 valence electrons. The van der Waals surface area contributed by atoms with Crippen LogP contribution in [0.25, 0.3) is 6.08 Å². The number of nitrogens with one attached hydrogen (secondary N) is 3. The largest absolute Gasteiger partial charge is 0.484 e. The highest BCUT2D eigenvalue weighted by Gasteiger charge is 2.06. The maximum absolute atomic E-state index is 11.8. The maximum Gasteiger partial charge on any atom is 0.276 e. The van der Waals surface area contributed by atoms with Crippen LogP contribution >= 0.6 is 28.1 Å². The van der Waals surface area contributed by atoms with E-state index in [-0.39, 0.29) is 17.4 Å². The Morgan fingerprint density at radius 3 is 2.53 bits per heavy atom. The van der Waals surface area contributed by atoms with Crippen molar-refractivity contribution in [2.45, 2.75) is 6.92 Å². The topological polar surface area (TPSA) is 123 Å². The van der Waals surface area contributed by atoms with Gasteiger partial charge in [-0.05, 0) is 66.7 Å². The van der Waals surface area contributed by atoms with Crippen molar-refractivity contribution in [3.05, 3.63) is 74.3 Å². The number of rotatable bonds is 6. The van der Waals surface area contributed by atoms with Gasteiger partial charge >= 0.3 is 0 Å². The van der Waals surface area contributed by atoms with Crippen molar-refractivity contribution < 1.29 is 19.2 Å². The SMILES string of the molecule is Cc1cc(OCC(=O)NNC(=S)NC(=O)/C=C/c2ccc([N+](=O)[O-])cc2)ccc1Br. The molecule has 30 heavy (non-hydrogen) atoms. The number of carbonyl (C=O) groups is 2. The monoisotopic (exact) mass is 492 g/mol. The summed E-state index contributed by atoms with van der Waals surface area (Å²) in [4.78, 5) is 33.7. The standard InChI is InChI=1S/C19H17BrN4O5S/c1-12-10-15(7-8-16(12)20)29-11-18(26)22-23-19(30)21-17(25)9-4-13-2-5-14(6-3-13)24(27)28/h2-10H,11H2,1H3,(H,22,26)(H2,21,23,25,30)/b9-4+. The van der Waals surface area contributed by atoms with Crippen molar-refractivity contribution in [3.8, 4) is 5.75 Å². The Kier molecular flexibility index (Phi) is 8.44. The number of non-ortho nitro benzene ring substituents is 1. The number of hydrogen-bond acceptors (Lipinski definition) is 6. The summed E-state index contributed by atoms with van der Waals surface area (Å²) in [6, 6.07) is 11.0. The second kappa shape index (κ2) is 11.0. The number of hydrogen-bond donors (Lipinski definition) is 3. The van der Waals surface area contributed by atoms with Gasteiger partial charge in [0, 0.05) is 22.7 Å². The fourth-order valence-electron chi connectivity index (χ4n) is 2.08. The lowest BCUT2D eigenvalue weighted by Crippen LogP contribution is -2.49. The van der Waals surface area contributed by atoms with Gasteiger partial charge in [-0.2, -0.15) is 0 Å². The second-order valence-corrected chi connectivity index (χ2v) is 7.14. The lowest BCUT2D eigenvalue weighted by molar-refractivity contribution is -0.384. The number of amides is 2. The number of thiocarbonyl (C=S) groups is 1. The first-order valence-corrected chi connectivity index (χ1v) is 9.66. The van der Waals surface area contributed by atoms with Gasteiger partial charge in [-0.1, -0.05) is 15.9 Å². The highest BCUT2D eigenvalue weighted by molar-refractivity contribution is 9.10. The summed E-state index contributed by atoms with van der Waals surface area (Å²) in [6.45, 7) is 1.65. The van der Waals surface area contributed by atoms with Crippen LogP contribution in [0.2, 0.25) is 0 Å². The number of nitro groups is 1. The third-order valence-corrected chi connectivity index (χ3v) is 4.68. The van der Waals surface area contributed by atoms with Crippen molar-refractivity contribution in [2.24, 2.45) is 0 Å². The minimum atomic E-state index is -0.540. The smallest absolute Gasteiger partial charge is 0.276 e. The summed E-state index contributed by atoms with van der Waals surface area (Å²) in [5.74, 6) is -0.492. The van der Waals surface area contributed by atoms with Gasteiger partial charge in [-0.15, -0.1) is 0 Å². The Morgan fingerprint density at radius 2 is 1.90 bits per heavy atom. The van der Waals surface area contributed by atoms with Gasteiger partial charge in [0.2, 0.25) is 5.91 Å². The molecule has 0 saturated heterocycles. The van der Waals surface area contributed by atoms with Crippen LogP contribution in [0.5, 0.6) is 5.75 Å². The zero-order valence-corrected chi connectivity index (χ0v) is 18.1. The van der Waals surface area contributed by atoms with Crippen LogP contribution in [0.15, 0.2) is 53.0 Å². The lowest BCUT2D eigenvalue weighted by Gasteiger charge is -2.11. The number of aryl methyl sites for hydroxylation is 1. The quantitative estimate of drug-likeness (QED) is 0.245. The van der Waals surface area contributed by atoms with Gasteiger partial charge in [0.15, 0.2) is 11.7 Å². The van der Waals surface area contributed by atoms with Crippen LogP contribution in [0.1, 0.15) is 11.1 Å². The number of carbonyl (C=O) groups excluding carboxylic acids is 2. The Hall–Kier alpha value is -3.31. The minimum Gasteiger partial charge on any atom is -0.484 e. The molecule has 0 aliphatic rings. The Balaban J connectivity index is 1.72. The molecule has 0 aromatic heterocycles. The first-order chi connectivity index (χ1) is 14.2. The predicted molar refractivity (Wildman–Crippen MR) is 119 cm³/mol. The van der Waals surface area contributed by atoms with Crippen LogP contribution < -0.4 is 20.9 Å². The molecule has 0 radical (unpaired) electrons. The van der Waals surface area contributed by atoms with Crippen molar-refractivity contribution >= 4 is 56.8 Å². The van der Waals surface area contributed by atoms with Gasteiger partial charge in [0.05, 0.1) is 4.92 Å². The zero-order valence-electron chi connectivity index (χ0n) is 15.7. The molecule has 0 fully saturated rings. The molecule has 0 saturated carbocycles. The third-order valence-electron chi connectivity index (χ3n) is 3.58. The van der Waals surface area contributed by atoms with Crippen LogP contribution in [-0.4, -0.2) is 28.5 Å². The third kappa shape index (κ3) is 7.60. The average Bonchev–Trinajstić information content (AvgIpc) is 2.72. The van der Waals surface area contributed by atoms with Crippen molar-refractivity contribution in [1.29, 1.82) is 0 Å². The fraction of sp³-hybridized carbons (Fsp3) is 0.105. The summed E-state index contributed by atoms with van der Waals surface area (Å²) in [5.41, 5.74) is 6.22. The number of benzene rings is 2. The zero-order chi connectivity index (χ0) is 22.1. The Bertz CT molecular complexity index is 995. The highest BCUT2D eigenvalue weighted by atomic mass is 79.9. The molecule has 0 spiro atoms. The molecule has 0 atom stereocenters. The molecule has 2 aromatic carbocycles. The van der Waals surface area contributed by atoms with Gasteiger partial charge in [-0.3, -0.25) is 35.9 Å². The first kappa shape index (κ1) is 23.0. The predicted octanol–water partition coefficient (Wildman–Crippen LogP) is 2.78. The van der Waals surface area contributed by atoms with E-state index in [2.05, 4.69) is 32.1 Å². The van der Waals surface area contributed by atoms with Crippen LogP contribution in [0, 0.1) is 17.0 Å². The van der Waals surface area contributed by atoms with Gasteiger partial charge < -0.3 is 4.74 Å². The van der Waals surface area contributed by atoms with E-state index >= 15 is 0 Å². The second-order valence-electron chi connectivity index (χ2n) is 5.87. The van der Waals surface area contributed by atoms with Crippen molar-refractivity contribution in [1.82, 2.24) is 16.2 Å². The fourth-order valence-corrected chi connectivity index (χ4v) is 2.48. The molecule has 2 amide bonds. The summed E-state index contributed by atoms with van der Waals surface area (Å²) in [7, 11) is 0. The number of nitro benzene ring substituents is 1. The van der Waals surface area contributed by atoms with Gasteiger partial charge in [-0.25, -0.2) is 0 Å². The molecule has 2 rings (SSSR count). The molecule has 3 N–H and O–H groups in total. The number of hydrazine groups is 1. The summed E-state index contributed by atoms with van der Waals surface area (Å²) < 4.78 is 6.31. The summed E-state index contributed by atoms with van der Waals surface area (Å²) in [6.07, 6.45) is 2.67. The molecule has 9 nitrogen and oxygen atoms in total. The highest BCUT2D eigenvalue weighted by Crippen LogP contribution is 2.21. The van der Waals surface area contributed by atoms with Crippen LogP contribution in [-0.2, 0) is 9.59 Å². The van der Waals surface area contributed by atoms with Gasteiger partial charge in [0.25, 0.3) is 11.6 Å². The molecular formula is C19H17BrN4O5S. The van der Waals surface area contributed by atoms with E-state index < -0.39 is 16.7 Å². The average molecular weight is 493 g/mol. The van der Waals surface area contributed by atoms with Crippen LogP contribution in [0.3, 0.4) is 0 Å². The Morgan fingerprint density at radius 1 is 1.20 bits per heavy atom. The molecule has 0 heterocycles. The lowest BCUT2D eigenvalue weighted by atomic mass is 10.2. The van der Waals surface area contributed by atoms with E-state index in [0.29, 0.717) is 11.3 Å². The van der Waals surface area contributed by atoms with E-state index in [1.54, 1.807) is 12.1 Å². The Labute approximate surface area is 185 Å². The van der Waals surface area contributed by atoms with Gasteiger partial charge in [0.1, 0.15) is 5.75 Å². The number of ether oxygens (including phenoxy) is 1. The van der Waals surface area contributed by atoms with E-state index in [1.807, 2.05) is 13.0 Å². The van der Waals surface area contributed by atoms with Crippen LogP contribution in [0.4, 0.5) is 5.69 Å². The summed E-state index contributed by atoms with van der Waals surface area (Å²) in [5, 5.41) is 12.8. The molecule has 0 unspecified atom stereocenters. The van der Waals surface area contributed by atoms with E-state index in [4.69, 9.17) is 17.0 Å². The molecule has 0 aliphatic heterocycles. The maximum atomic E-state index is 11.8. The molecule has 0 bridgehead atoms. The first-order valence-electron chi connectivity index (χ1n) is 8.46. The normalized spacial score (nSPS) is 10.3. The molecule has 2 aromatic rings. The number of halogens is 1. The summed E-state index contributed by atoms with van der Waals surface area (Å²) >= 11 is 8.30. The van der Waals surface area contributed by atoms with E-state index in [1.165, 1.54) is 36.4 Å². The van der Waals surface area contributed by atoms with Crippen molar-refractivity contribution in [3.63, 3.8) is 0 Å². The van der Waals surface area contributed by atoms with E-state index in [0.717, 1.165) is 10.0 Å². The molecule has 0 aliphatic carbocycles. The molecular weight excluding hydrogens is 476 g/mol. The van der Waals surface area contributed by atoms with E-state index in [9.17, 15) is 19.7 Å².